The van der Waals surface area contributed by atoms with Crippen molar-refractivity contribution >= 4 is 15.9 Å². The van der Waals surface area contributed by atoms with Crippen LogP contribution < -0.4 is 9.47 Å². The van der Waals surface area contributed by atoms with Crippen molar-refractivity contribution in [2.24, 2.45) is 0 Å². The molecule has 4 heteroatoms. The lowest BCUT2D eigenvalue weighted by Gasteiger charge is -2.11. The van der Waals surface area contributed by atoms with Gasteiger partial charge in [0.15, 0.2) is 0 Å². The number of ether oxygens (including phenoxy) is 2. The van der Waals surface area contributed by atoms with Gasteiger partial charge in [0.1, 0.15) is 18.1 Å². The summed E-state index contributed by atoms with van der Waals surface area (Å²) in [5.41, 5.74) is 1.85. The maximum absolute atomic E-state index is 9.57. The van der Waals surface area contributed by atoms with Crippen molar-refractivity contribution in [3.8, 4) is 11.5 Å². The maximum Gasteiger partial charge on any atom is 0.120 e. The summed E-state index contributed by atoms with van der Waals surface area (Å²) in [6, 6.07) is 13.2. The van der Waals surface area contributed by atoms with E-state index in [0.717, 1.165) is 27.1 Å². The highest BCUT2D eigenvalue weighted by molar-refractivity contribution is 9.10. The van der Waals surface area contributed by atoms with Crippen molar-refractivity contribution < 1.29 is 14.6 Å². The largest absolute Gasteiger partial charge is 0.497 e. The van der Waals surface area contributed by atoms with E-state index in [1.165, 1.54) is 0 Å². The van der Waals surface area contributed by atoms with Gasteiger partial charge in [0.25, 0.3) is 0 Å². The fourth-order valence-corrected chi connectivity index (χ4v) is 2.18. The Balaban J connectivity index is 2.10. The lowest BCUT2D eigenvalue weighted by atomic mass is 10.1. The van der Waals surface area contributed by atoms with Crippen LogP contribution in [0.3, 0.4) is 0 Å². The normalized spacial score (nSPS) is 12.0. The van der Waals surface area contributed by atoms with E-state index in [-0.39, 0.29) is 0 Å². The maximum atomic E-state index is 9.57. The van der Waals surface area contributed by atoms with E-state index in [0.29, 0.717) is 6.61 Å². The van der Waals surface area contributed by atoms with Gasteiger partial charge in [0.2, 0.25) is 0 Å². The van der Waals surface area contributed by atoms with Gasteiger partial charge in [0, 0.05) is 10.0 Å². The van der Waals surface area contributed by atoms with Crippen molar-refractivity contribution in [3.05, 3.63) is 58.1 Å². The number of aliphatic hydroxyl groups is 1. The second kappa shape index (κ2) is 6.77. The number of halogens is 1. The van der Waals surface area contributed by atoms with Crippen LogP contribution in [0, 0.1) is 0 Å². The molecule has 2 aromatic rings. The summed E-state index contributed by atoms with van der Waals surface area (Å²) in [7, 11) is 1.64. The van der Waals surface area contributed by atoms with Gasteiger partial charge in [-0.3, -0.25) is 0 Å². The van der Waals surface area contributed by atoms with Crippen LogP contribution in [0.1, 0.15) is 24.2 Å². The molecule has 3 nitrogen and oxygen atoms in total. The van der Waals surface area contributed by atoms with Crippen molar-refractivity contribution in [1.82, 2.24) is 0 Å². The first-order chi connectivity index (χ1) is 9.60. The quantitative estimate of drug-likeness (QED) is 0.893. The molecule has 0 aliphatic heterocycles. The van der Waals surface area contributed by atoms with Gasteiger partial charge in [-0.25, -0.2) is 0 Å². The Morgan fingerprint density at radius 1 is 1.15 bits per heavy atom. The first-order valence-corrected chi connectivity index (χ1v) is 7.12. The van der Waals surface area contributed by atoms with Crippen LogP contribution in [0.4, 0.5) is 0 Å². The topological polar surface area (TPSA) is 38.7 Å². The van der Waals surface area contributed by atoms with E-state index in [4.69, 9.17) is 9.47 Å². The number of hydrogen-bond donors (Lipinski definition) is 1. The predicted octanol–water partition coefficient (Wildman–Crippen LogP) is 4.09. The summed E-state index contributed by atoms with van der Waals surface area (Å²) in [6.45, 7) is 2.17. The number of methoxy groups -OCH3 is 1. The molecule has 1 N–H and O–H groups in total. The highest BCUT2D eigenvalue weighted by Gasteiger charge is 2.05. The molecule has 0 aliphatic carbocycles. The average Bonchev–Trinajstić information content (AvgIpc) is 2.46. The Kier molecular flexibility index (Phi) is 5.04. The van der Waals surface area contributed by atoms with E-state index < -0.39 is 6.10 Å². The van der Waals surface area contributed by atoms with Crippen LogP contribution in [0.25, 0.3) is 0 Å². The first kappa shape index (κ1) is 14.9. The Hall–Kier alpha value is -1.52. The Bertz CT molecular complexity index is 582. The molecule has 0 amide bonds. The summed E-state index contributed by atoms with van der Waals surface area (Å²) in [5.74, 6) is 1.53. The van der Waals surface area contributed by atoms with Crippen LogP contribution in [-0.2, 0) is 6.61 Å². The van der Waals surface area contributed by atoms with Gasteiger partial charge in [-0.15, -0.1) is 0 Å². The smallest absolute Gasteiger partial charge is 0.120 e. The van der Waals surface area contributed by atoms with Gasteiger partial charge in [-0.2, -0.15) is 0 Å². The van der Waals surface area contributed by atoms with E-state index in [1.54, 1.807) is 14.0 Å². The zero-order valence-corrected chi connectivity index (χ0v) is 13.1. The summed E-state index contributed by atoms with van der Waals surface area (Å²) in [4.78, 5) is 0. The highest BCUT2D eigenvalue weighted by Crippen LogP contribution is 2.25. The number of benzene rings is 2. The van der Waals surface area contributed by atoms with E-state index in [9.17, 15) is 5.11 Å². The summed E-state index contributed by atoms with van der Waals surface area (Å²) < 4.78 is 11.9. The Morgan fingerprint density at radius 2 is 1.95 bits per heavy atom. The Labute approximate surface area is 127 Å². The third-order valence-corrected chi connectivity index (χ3v) is 3.76. The Morgan fingerprint density at radius 3 is 2.65 bits per heavy atom. The molecule has 1 atom stereocenters. The third kappa shape index (κ3) is 3.74. The monoisotopic (exact) mass is 336 g/mol. The summed E-state index contributed by atoms with van der Waals surface area (Å²) >= 11 is 3.50. The van der Waals surface area contributed by atoms with Crippen LogP contribution in [0.5, 0.6) is 11.5 Å². The lowest BCUT2D eigenvalue weighted by Crippen LogP contribution is -1.98. The second-order valence-electron chi connectivity index (χ2n) is 4.49. The standard InChI is InChI=1S/C16H17BrO3/c1-11(18)12-4-3-5-15(8-12)20-10-13-9-14(19-2)6-7-16(13)17/h3-9,11,18H,10H2,1-2H3/t11-/m0/s1. The summed E-state index contributed by atoms with van der Waals surface area (Å²) in [5, 5.41) is 9.57. The zero-order chi connectivity index (χ0) is 14.5. The third-order valence-electron chi connectivity index (χ3n) is 2.99. The average molecular weight is 337 g/mol. The van der Waals surface area contributed by atoms with Crippen molar-refractivity contribution in [1.29, 1.82) is 0 Å². The van der Waals surface area contributed by atoms with Gasteiger partial charge in [-0.1, -0.05) is 28.1 Å². The minimum atomic E-state index is -0.498. The van der Waals surface area contributed by atoms with Gasteiger partial charge in [0.05, 0.1) is 13.2 Å². The van der Waals surface area contributed by atoms with Crippen molar-refractivity contribution in [3.63, 3.8) is 0 Å². The SMILES string of the molecule is COc1ccc(Br)c(COc2cccc([C@H](C)O)c2)c1. The molecule has 0 saturated carbocycles. The van der Waals surface area contributed by atoms with Crippen LogP contribution >= 0.6 is 15.9 Å². The molecule has 106 valence electrons. The minimum absolute atomic E-state index is 0.432. The fourth-order valence-electron chi connectivity index (χ4n) is 1.81. The van der Waals surface area contributed by atoms with E-state index in [2.05, 4.69) is 15.9 Å². The molecule has 0 bridgehead atoms. The molecule has 2 aromatic carbocycles. The molecule has 0 aliphatic rings. The molecular weight excluding hydrogens is 320 g/mol. The predicted molar refractivity (Wildman–Crippen MR) is 82.1 cm³/mol. The molecule has 0 unspecified atom stereocenters. The van der Waals surface area contributed by atoms with Crippen molar-refractivity contribution in [2.75, 3.05) is 7.11 Å². The molecule has 0 heterocycles. The van der Waals surface area contributed by atoms with Gasteiger partial charge < -0.3 is 14.6 Å². The van der Waals surface area contributed by atoms with Gasteiger partial charge >= 0.3 is 0 Å². The van der Waals surface area contributed by atoms with Crippen LogP contribution in [-0.4, -0.2) is 12.2 Å². The van der Waals surface area contributed by atoms with E-state index in [1.807, 2.05) is 42.5 Å². The van der Waals surface area contributed by atoms with Crippen LogP contribution in [0.2, 0.25) is 0 Å². The lowest BCUT2D eigenvalue weighted by molar-refractivity contribution is 0.198. The molecule has 2 rings (SSSR count). The fraction of sp³-hybridized carbons (Fsp3) is 0.250. The zero-order valence-electron chi connectivity index (χ0n) is 11.5. The molecule has 20 heavy (non-hydrogen) atoms. The molecule has 0 fully saturated rings. The van der Waals surface area contributed by atoms with E-state index >= 15 is 0 Å². The van der Waals surface area contributed by atoms with Crippen molar-refractivity contribution in [2.45, 2.75) is 19.6 Å². The molecule has 0 radical (unpaired) electrons. The number of hydrogen-bond acceptors (Lipinski definition) is 3. The number of aliphatic hydroxyl groups excluding tert-OH is 1. The second-order valence-corrected chi connectivity index (χ2v) is 5.35. The molecule has 0 aromatic heterocycles. The summed E-state index contributed by atoms with van der Waals surface area (Å²) in [6.07, 6.45) is -0.498. The van der Waals surface area contributed by atoms with Gasteiger partial charge in [-0.05, 0) is 42.8 Å². The minimum Gasteiger partial charge on any atom is -0.497 e. The molecular formula is C16H17BrO3. The molecule has 0 saturated heterocycles. The first-order valence-electron chi connectivity index (χ1n) is 6.33. The molecule has 0 spiro atoms. The van der Waals surface area contributed by atoms with Crippen LogP contribution in [0.15, 0.2) is 46.9 Å². The number of rotatable bonds is 5. The highest BCUT2D eigenvalue weighted by atomic mass is 79.9.